The number of amides is 2. The number of ether oxygens (including phenoxy) is 1. The van der Waals surface area contributed by atoms with Gasteiger partial charge in [0, 0.05) is 0 Å². The second kappa shape index (κ2) is 5.48. The Bertz CT molecular complexity index is 410. The topological polar surface area (TPSA) is 98.1 Å². The molecule has 1 atom stereocenters. The van der Waals surface area contributed by atoms with Gasteiger partial charge in [-0.05, 0) is 27.7 Å². The molecule has 2 amide bonds. The van der Waals surface area contributed by atoms with E-state index in [1.807, 2.05) is 0 Å². The van der Waals surface area contributed by atoms with Crippen LogP contribution in [-0.4, -0.2) is 38.5 Å². The minimum atomic E-state index is -0.734. The number of nitrogens with one attached hydrogen (secondary N) is 2. The molecule has 1 aromatic heterocycles. The summed E-state index contributed by atoms with van der Waals surface area (Å²) in [7, 11) is 0. The SMILES string of the molecule is CC(NC(=O)OC(C)(C)C)C(=O)Nn1cnnc1. The van der Waals surface area contributed by atoms with E-state index in [0.717, 1.165) is 0 Å². The lowest BCUT2D eigenvalue weighted by atomic mass is 10.2. The van der Waals surface area contributed by atoms with E-state index in [2.05, 4.69) is 20.9 Å². The van der Waals surface area contributed by atoms with Crippen molar-refractivity contribution in [1.82, 2.24) is 20.2 Å². The maximum Gasteiger partial charge on any atom is 0.408 e. The van der Waals surface area contributed by atoms with Gasteiger partial charge in [0.2, 0.25) is 0 Å². The molecule has 0 saturated heterocycles. The van der Waals surface area contributed by atoms with Gasteiger partial charge >= 0.3 is 6.09 Å². The van der Waals surface area contributed by atoms with Gasteiger partial charge < -0.3 is 10.1 Å². The van der Waals surface area contributed by atoms with Crippen molar-refractivity contribution in [3.8, 4) is 0 Å². The molecule has 18 heavy (non-hydrogen) atoms. The predicted molar refractivity (Wildman–Crippen MR) is 63.2 cm³/mol. The summed E-state index contributed by atoms with van der Waals surface area (Å²) in [5, 5.41) is 9.48. The molecule has 0 bridgehead atoms. The Hall–Kier alpha value is -2.12. The van der Waals surface area contributed by atoms with Crippen LogP contribution in [-0.2, 0) is 9.53 Å². The van der Waals surface area contributed by atoms with Gasteiger partial charge in [0.15, 0.2) is 0 Å². The third-order valence-corrected chi connectivity index (χ3v) is 1.78. The standard InChI is InChI=1S/C10H17N5O3/c1-7(13-9(17)18-10(2,3)4)8(16)14-15-5-11-12-6-15/h5-7H,1-4H3,(H,13,17)(H,14,16). The molecular formula is C10H17N5O3. The monoisotopic (exact) mass is 255 g/mol. The van der Waals surface area contributed by atoms with Crippen molar-refractivity contribution < 1.29 is 14.3 Å². The molecule has 1 heterocycles. The van der Waals surface area contributed by atoms with Crippen LogP contribution in [0.3, 0.4) is 0 Å². The lowest BCUT2D eigenvalue weighted by Gasteiger charge is -2.21. The first kappa shape index (κ1) is 13.9. The number of aromatic nitrogens is 3. The van der Waals surface area contributed by atoms with Crippen molar-refractivity contribution in [2.75, 3.05) is 5.43 Å². The highest BCUT2D eigenvalue weighted by atomic mass is 16.6. The van der Waals surface area contributed by atoms with Crippen molar-refractivity contribution in [1.29, 1.82) is 0 Å². The van der Waals surface area contributed by atoms with Gasteiger partial charge in [-0.15, -0.1) is 10.2 Å². The van der Waals surface area contributed by atoms with Crippen molar-refractivity contribution in [3.63, 3.8) is 0 Å². The number of carbonyl (C=O) groups excluding carboxylic acids is 2. The van der Waals surface area contributed by atoms with Crippen LogP contribution in [0.2, 0.25) is 0 Å². The van der Waals surface area contributed by atoms with Crippen molar-refractivity contribution in [2.45, 2.75) is 39.3 Å². The first-order valence-electron chi connectivity index (χ1n) is 5.43. The van der Waals surface area contributed by atoms with Gasteiger partial charge in [0.05, 0.1) is 0 Å². The smallest absolute Gasteiger partial charge is 0.408 e. The zero-order chi connectivity index (χ0) is 13.8. The third kappa shape index (κ3) is 4.81. The normalized spacial score (nSPS) is 12.7. The summed E-state index contributed by atoms with van der Waals surface area (Å²) in [6.45, 7) is 6.78. The van der Waals surface area contributed by atoms with Crippen LogP contribution in [0.25, 0.3) is 0 Å². The summed E-state index contributed by atoms with van der Waals surface area (Å²) in [5.74, 6) is -0.402. The summed E-state index contributed by atoms with van der Waals surface area (Å²) in [6, 6.07) is -0.734. The Labute approximate surface area is 105 Å². The highest BCUT2D eigenvalue weighted by Crippen LogP contribution is 2.06. The minimum absolute atomic E-state index is 0.402. The molecule has 0 aliphatic heterocycles. The molecule has 0 spiro atoms. The van der Waals surface area contributed by atoms with Crippen LogP contribution >= 0.6 is 0 Å². The molecule has 0 saturated carbocycles. The van der Waals surface area contributed by atoms with Crippen molar-refractivity contribution in [3.05, 3.63) is 12.7 Å². The van der Waals surface area contributed by atoms with E-state index in [-0.39, 0.29) is 0 Å². The molecule has 8 heteroatoms. The number of rotatable bonds is 3. The number of hydrogen-bond donors (Lipinski definition) is 2. The van der Waals surface area contributed by atoms with Crippen molar-refractivity contribution >= 4 is 12.0 Å². The number of nitrogens with zero attached hydrogens (tertiary/aromatic N) is 3. The third-order valence-electron chi connectivity index (χ3n) is 1.78. The largest absolute Gasteiger partial charge is 0.444 e. The van der Waals surface area contributed by atoms with E-state index >= 15 is 0 Å². The molecule has 100 valence electrons. The zero-order valence-corrected chi connectivity index (χ0v) is 10.8. The molecular weight excluding hydrogens is 238 g/mol. The maximum absolute atomic E-state index is 11.7. The first-order valence-corrected chi connectivity index (χ1v) is 5.43. The molecule has 0 fully saturated rings. The molecule has 1 aromatic rings. The van der Waals surface area contributed by atoms with Gasteiger partial charge in [0.1, 0.15) is 24.3 Å². The van der Waals surface area contributed by atoms with E-state index in [4.69, 9.17) is 4.74 Å². The Morgan fingerprint density at radius 3 is 2.33 bits per heavy atom. The van der Waals surface area contributed by atoms with Crippen LogP contribution in [0.15, 0.2) is 12.7 Å². The quantitative estimate of drug-likeness (QED) is 0.807. The Kier molecular flexibility index (Phi) is 4.24. The highest BCUT2D eigenvalue weighted by Gasteiger charge is 2.21. The fraction of sp³-hybridized carbons (Fsp3) is 0.600. The zero-order valence-electron chi connectivity index (χ0n) is 10.8. The molecule has 1 rings (SSSR count). The lowest BCUT2D eigenvalue weighted by Crippen LogP contribution is -2.45. The average Bonchev–Trinajstić information content (AvgIpc) is 2.66. The summed E-state index contributed by atoms with van der Waals surface area (Å²) in [5.41, 5.74) is 1.87. The predicted octanol–water partition coefficient (Wildman–Crippen LogP) is 0.261. The Morgan fingerprint density at radius 2 is 1.83 bits per heavy atom. The lowest BCUT2D eigenvalue weighted by molar-refractivity contribution is -0.118. The van der Waals surface area contributed by atoms with Gasteiger partial charge in [-0.25, -0.2) is 9.47 Å². The maximum atomic E-state index is 11.7. The van der Waals surface area contributed by atoms with Crippen LogP contribution in [0, 0.1) is 0 Å². The van der Waals surface area contributed by atoms with Gasteiger partial charge in [-0.1, -0.05) is 0 Å². The molecule has 0 aliphatic carbocycles. The van der Waals surface area contributed by atoms with Gasteiger partial charge in [-0.2, -0.15) is 0 Å². The summed E-state index contributed by atoms with van der Waals surface area (Å²) in [4.78, 5) is 23.1. The molecule has 2 N–H and O–H groups in total. The van der Waals surface area contributed by atoms with E-state index in [1.54, 1.807) is 27.7 Å². The van der Waals surface area contributed by atoms with Crippen LogP contribution in [0.1, 0.15) is 27.7 Å². The minimum Gasteiger partial charge on any atom is -0.444 e. The molecule has 0 radical (unpaired) electrons. The summed E-state index contributed by atoms with van der Waals surface area (Å²) in [6.07, 6.45) is 2.02. The average molecular weight is 255 g/mol. The number of alkyl carbamates (subject to hydrolysis) is 1. The van der Waals surface area contributed by atoms with Crippen molar-refractivity contribution in [2.24, 2.45) is 0 Å². The van der Waals surface area contributed by atoms with E-state index < -0.39 is 23.6 Å². The van der Waals surface area contributed by atoms with Crippen LogP contribution < -0.4 is 10.7 Å². The molecule has 8 nitrogen and oxygen atoms in total. The first-order chi connectivity index (χ1) is 8.28. The van der Waals surface area contributed by atoms with Gasteiger partial charge in [0.25, 0.3) is 5.91 Å². The number of hydrogen-bond acceptors (Lipinski definition) is 5. The second-order valence-corrected chi connectivity index (χ2v) is 4.71. The molecule has 0 aromatic carbocycles. The van der Waals surface area contributed by atoms with E-state index in [1.165, 1.54) is 17.3 Å². The molecule has 0 aliphatic rings. The fourth-order valence-electron chi connectivity index (χ4n) is 1.03. The summed E-state index contributed by atoms with van der Waals surface area (Å²) >= 11 is 0. The van der Waals surface area contributed by atoms with Crippen LogP contribution in [0.5, 0.6) is 0 Å². The fourth-order valence-corrected chi connectivity index (χ4v) is 1.03. The van der Waals surface area contributed by atoms with Crippen LogP contribution in [0.4, 0.5) is 4.79 Å². The Balaban J connectivity index is 2.42. The Morgan fingerprint density at radius 1 is 1.28 bits per heavy atom. The van der Waals surface area contributed by atoms with E-state index in [9.17, 15) is 9.59 Å². The highest BCUT2D eigenvalue weighted by molar-refractivity contribution is 5.90. The second-order valence-electron chi connectivity index (χ2n) is 4.71. The number of carbonyl (C=O) groups is 2. The van der Waals surface area contributed by atoms with E-state index in [0.29, 0.717) is 0 Å². The molecule has 1 unspecified atom stereocenters. The van der Waals surface area contributed by atoms with Gasteiger partial charge in [-0.3, -0.25) is 10.2 Å². The summed E-state index contributed by atoms with van der Waals surface area (Å²) < 4.78 is 6.32.